The minimum Gasteiger partial charge on any atom is -0.377 e. The van der Waals surface area contributed by atoms with Gasteiger partial charge in [0, 0.05) is 35.4 Å². The SMILES string of the molecule is CC(C)C(=O)N1CC[C@@H](c2noc(-c3ccc4cnn(C5COC5)c4c3)n2)CC1C. The molecule has 1 amide bonds. The van der Waals surface area contributed by atoms with Crippen LogP contribution >= 0.6 is 0 Å². The van der Waals surface area contributed by atoms with Gasteiger partial charge < -0.3 is 14.2 Å². The Kier molecular flexibility index (Phi) is 4.81. The summed E-state index contributed by atoms with van der Waals surface area (Å²) < 4.78 is 12.9. The summed E-state index contributed by atoms with van der Waals surface area (Å²) >= 11 is 0. The van der Waals surface area contributed by atoms with Crippen LogP contribution in [0, 0.1) is 5.92 Å². The quantitative estimate of drug-likeness (QED) is 0.656. The van der Waals surface area contributed by atoms with Crippen LogP contribution in [0.1, 0.15) is 51.4 Å². The maximum absolute atomic E-state index is 12.4. The Morgan fingerprint density at radius 1 is 1.27 bits per heavy atom. The molecule has 2 atom stereocenters. The van der Waals surface area contributed by atoms with E-state index in [0.29, 0.717) is 19.1 Å². The number of hydrogen-bond acceptors (Lipinski definition) is 6. The Morgan fingerprint density at radius 2 is 2.10 bits per heavy atom. The highest BCUT2D eigenvalue weighted by Crippen LogP contribution is 2.33. The van der Waals surface area contributed by atoms with Gasteiger partial charge >= 0.3 is 0 Å². The largest absolute Gasteiger partial charge is 0.377 e. The van der Waals surface area contributed by atoms with Crippen molar-refractivity contribution in [3.8, 4) is 11.5 Å². The Hall–Kier alpha value is -2.74. The normalized spacial score (nSPS) is 22.6. The second-order valence-corrected chi connectivity index (χ2v) is 8.77. The molecule has 0 radical (unpaired) electrons. The maximum atomic E-state index is 12.4. The van der Waals surface area contributed by atoms with E-state index in [1.165, 1.54) is 0 Å². The summed E-state index contributed by atoms with van der Waals surface area (Å²) in [6, 6.07) is 6.56. The first-order valence-electron chi connectivity index (χ1n) is 10.7. The smallest absolute Gasteiger partial charge is 0.258 e. The van der Waals surface area contributed by atoms with Gasteiger partial charge in [-0.3, -0.25) is 9.48 Å². The molecule has 158 valence electrons. The second kappa shape index (κ2) is 7.50. The predicted octanol–water partition coefficient (Wildman–Crippen LogP) is 3.41. The van der Waals surface area contributed by atoms with Crippen molar-refractivity contribution >= 4 is 16.8 Å². The fourth-order valence-electron chi connectivity index (χ4n) is 4.41. The van der Waals surface area contributed by atoms with E-state index >= 15 is 0 Å². The zero-order chi connectivity index (χ0) is 20.8. The monoisotopic (exact) mass is 409 g/mol. The molecule has 2 aliphatic rings. The first kappa shape index (κ1) is 19.2. The number of hydrogen-bond donors (Lipinski definition) is 0. The lowest BCUT2D eigenvalue weighted by Crippen LogP contribution is -2.45. The van der Waals surface area contributed by atoms with E-state index in [9.17, 15) is 4.79 Å². The summed E-state index contributed by atoms with van der Waals surface area (Å²) in [6.07, 6.45) is 3.59. The van der Waals surface area contributed by atoms with Gasteiger partial charge in [-0.15, -0.1) is 0 Å². The van der Waals surface area contributed by atoms with Crippen LogP contribution in [-0.4, -0.2) is 56.5 Å². The van der Waals surface area contributed by atoms with E-state index in [2.05, 4.69) is 23.2 Å². The highest BCUT2D eigenvalue weighted by molar-refractivity contribution is 5.83. The van der Waals surface area contributed by atoms with Gasteiger partial charge in [-0.1, -0.05) is 25.1 Å². The molecule has 0 aliphatic carbocycles. The second-order valence-electron chi connectivity index (χ2n) is 8.77. The molecular formula is C22H27N5O3. The van der Waals surface area contributed by atoms with Crippen LogP contribution in [0.25, 0.3) is 22.4 Å². The Labute approximate surface area is 175 Å². The summed E-state index contributed by atoms with van der Waals surface area (Å²) in [7, 11) is 0. The molecule has 2 saturated heterocycles. The highest BCUT2D eigenvalue weighted by atomic mass is 16.5. The van der Waals surface area contributed by atoms with Crippen molar-refractivity contribution in [2.45, 2.75) is 51.6 Å². The number of piperidine rings is 1. The van der Waals surface area contributed by atoms with Crippen molar-refractivity contribution in [2.75, 3.05) is 19.8 Å². The highest BCUT2D eigenvalue weighted by Gasteiger charge is 2.33. The molecule has 0 N–H and O–H groups in total. The molecule has 3 aromatic rings. The summed E-state index contributed by atoms with van der Waals surface area (Å²) in [4.78, 5) is 19.1. The van der Waals surface area contributed by atoms with E-state index in [0.717, 1.165) is 41.7 Å². The molecule has 0 saturated carbocycles. The summed E-state index contributed by atoms with van der Waals surface area (Å²) in [5, 5.41) is 9.87. The van der Waals surface area contributed by atoms with E-state index in [-0.39, 0.29) is 29.8 Å². The van der Waals surface area contributed by atoms with Gasteiger partial charge in [-0.2, -0.15) is 10.1 Å². The Morgan fingerprint density at radius 3 is 2.80 bits per heavy atom. The Bertz CT molecular complexity index is 1070. The molecule has 8 nitrogen and oxygen atoms in total. The zero-order valence-corrected chi connectivity index (χ0v) is 17.6. The molecule has 1 unspecified atom stereocenters. The number of aromatic nitrogens is 4. The summed E-state index contributed by atoms with van der Waals surface area (Å²) in [6.45, 7) is 8.14. The molecule has 4 heterocycles. The number of rotatable bonds is 4. The molecule has 0 bridgehead atoms. The van der Waals surface area contributed by atoms with Crippen LogP contribution in [0.15, 0.2) is 28.9 Å². The fraction of sp³-hybridized carbons (Fsp3) is 0.545. The number of ether oxygens (including phenoxy) is 1. The van der Waals surface area contributed by atoms with Crippen LogP contribution in [0.5, 0.6) is 0 Å². The average Bonchev–Trinajstić information content (AvgIpc) is 3.33. The third-order valence-electron chi connectivity index (χ3n) is 6.27. The molecule has 0 spiro atoms. The maximum Gasteiger partial charge on any atom is 0.258 e. The van der Waals surface area contributed by atoms with Gasteiger partial charge in [-0.25, -0.2) is 0 Å². The van der Waals surface area contributed by atoms with Crippen molar-refractivity contribution in [1.29, 1.82) is 0 Å². The zero-order valence-electron chi connectivity index (χ0n) is 17.6. The molecule has 8 heteroatoms. The van der Waals surface area contributed by atoms with Gasteiger partial charge in [0.2, 0.25) is 5.91 Å². The van der Waals surface area contributed by atoms with Crippen molar-refractivity contribution in [3.63, 3.8) is 0 Å². The number of benzene rings is 1. The van der Waals surface area contributed by atoms with Crippen molar-refractivity contribution in [2.24, 2.45) is 5.92 Å². The lowest BCUT2D eigenvalue weighted by Gasteiger charge is -2.37. The first-order chi connectivity index (χ1) is 14.5. The number of carbonyl (C=O) groups is 1. The molecule has 2 fully saturated rings. The lowest BCUT2D eigenvalue weighted by molar-refractivity contribution is -0.138. The van der Waals surface area contributed by atoms with Crippen LogP contribution in [0.3, 0.4) is 0 Å². The first-order valence-corrected chi connectivity index (χ1v) is 10.7. The summed E-state index contributed by atoms with van der Waals surface area (Å²) in [5.41, 5.74) is 1.94. The third-order valence-corrected chi connectivity index (χ3v) is 6.27. The third kappa shape index (κ3) is 3.29. The Balaban J connectivity index is 1.35. The topological polar surface area (TPSA) is 86.3 Å². The predicted molar refractivity (Wildman–Crippen MR) is 111 cm³/mol. The van der Waals surface area contributed by atoms with Crippen molar-refractivity contribution in [1.82, 2.24) is 24.8 Å². The number of likely N-dealkylation sites (tertiary alicyclic amines) is 1. The van der Waals surface area contributed by atoms with Crippen molar-refractivity contribution < 1.29 is 14.1 Å². The van der Waals surface area contributed by atoms with Crippen LogP contribution in [0.4, 0.5) is 0 Å². The van der Waals surface area contributed by atoms with Gasteiger partial charge in [0.05, 0.1) is 31.0 Å². The number of fused-ring (bicyclic) bond motifs is 1. The minimum absolute atomic E-state index is 0.0237. The van der Waals surface area contributed by atoms with Gasteiger partial charge in [0.1, 0.15) is 0 Å². The molecule has 2 aliphatic heterocycles. The number of nitrogens with zero attached hydrogens (tertiary/aromatic N) is 5. The number of carbonyl (C=O) groups excluding carboxylic acids is 1. The fourth-order valence-corrected chi connectivity index (χ4v) is 4.41. The molecular weight excluding hydrogens is 382 g/mol. The van der Waals surface area contributed by atoms with Crippen LogP contribution in [0.2, 0.25) is 0 Å². The van der Waals surface area contributed by atoms with E-state index in [1.54, 1.807) is 0 Å². The van der Waals surface area contributed by atoms with E-state index in [4.69, 9.17) is 14.2 Å². The van der Waals surface area contributed by atoms with E-state index in [1.807, 2.05) is 41.8 Å². The molecule has 1 aromatic carbocycles. The summed E-state index contributed by atoms with van der Waals surface area (Å²) in [5.74, 6) is 1.70. The van der Waals surface area contributed by atoms with Gasteiger partial charge in [-0.05, 0) is 31.9 Å². The van der Waals surface area contributed by atoms with Crippen LogP contribution < -0.4 is 0 Å². The minimum atomic E-state index is 0.0237. The van der Waals surface area contributed by atoms with Crippen molar-refractivity contribution in [3.05, 3.63) is 30.2 Å². The van der Waals surface area contributed by atoms with E-state index < -0.39 is 0 Å². The van der Waals surface area contributed by atoms with Gasteiger partial charge in [0.25, 0.3) is 5.89 Å². The van der Waals surface area contributed by atoms with Crippen LogP contribution in [-0.2, 0) is 9.53 Å². The average molecular weight is 409 g/mol. The molecule has 2 aromatic heterocycles. The molecule has 30 heavy (non-hydrogen) atoms. The number of amides is 1. The van der Waals surface area contributed by atoms with Gasteiger partial charge in [0.15, 0.2) is 5.82 Å². The standard InChI is InChI=1S/C22H27N5O3/c1-13(2)22(28)26-7-6-15(8-14(26)3)20-24-21(30-25-20)16-4-5-17-10-23-27(19(17)9-16)18-11-29-12-18/h4-5,9-10,13-15,18H,6-8,11-12H2,1-3H3/t14?,15-/m1/s1. The molecule has 5 rings (SSSR count). The lowest BCUT2D eigenvalue weighted by atomic mass is 9.90.